The molecule has 1 N–H and O–H groups in total. The molecule has 4 rings (SSSR count). The predicted octanol–water partition coefficient (Wildman–Crippen LogP) is 1.86. The molecule has 22 heavy (non-hydrogen) atoms. The van der Waals surface area contributed by atoms with E-state index in [2.05, 4.69) is 10.3 Å². The van der Waals surface area contributed by atoms with Crippen LogP contribution in [0, 0.1) is 5.92 Å². The first-order valence-electron chi connectivity index (χ1n) is 8.26. The van der Waals surface area contributed by atoms with Gasteiger partial charge in [-0.3, -0.25) is 9.59 Å². The van der Waals surface area contributed by atoms with Crippen molar-refractivity contribution in [3.05, 3.63) is 17.8 Å². The third-order valence-corrected chi connectivity index (χ3v) is 4.73. The van der Waals surface area contributed by atoms with Gasteiger partial charge in [0.1, 0.15) is 6.26 Å². The van der Waals surface area contributed by atoms with Gasteiger partial charge in [-0.05, 0) is 38.5 Å². The Balaban J connectivity index is 1.41. The average Bonchev–Trinajstić information content (AvgIpc) is 3.35. The van der Waals surface area contributed by atoms with Gasteiger partial charge in [-0.2, -0.15) is 0 Å². The number of carbonyl (C=O) groups is 2. The van der Waals surface area contributed by atoms with Gasteiger partial charge in [0, 0.05) is 18.0 Å². The van der Waals surface area contributed by atoms with Gasteiger partial charge in [0.25, 0.3) is 5.91 Å². The van der Waals surface area contributed by atoms with E-state index in [0.717, 1.165) is 44.9 Å². The second-order valence-electron chi connectivity index (χ2n) is 6.70. The lowest BCUT2D eigenvalue weighted by atomic mass is 9.84. The van der Waals surface area contributed by atoms with E-state index in [-0.39, 0.29) is 17.7 Å². The van der Waals surface area contributed by atoms with E-state index in [0.29, 0.717) is 30.2 Å². The first kappa shape index (κ1) is 13.8. The second kappa shape index (κ2) is 5.41. The van der Waals surface area contributed by atoms with Crippen molar-refractivity contribution >= 4 is 11.8 Å². The highest BCUT2D eigenvalue weighted by Gasteiger charge is 2.38. The largest absolute Gasteiger partial charge is 0.446 e. The van der Waals surface area contributed by atoms with Gasteiger partial charge in [0.05, 0.1) is 6.54 Å². The number of rotatable bonds is 6. The lowest BCUT2D eigenvalue weighted by molar-refractivity contribution is -0.139. The molecule has 0 bridgehead atoms. The van der Waals surface area contributed by atoms with E-state index >= 15 is 0 Å². The Morgan fingerprint density at radius 3 is 2.59 bits per heavy atom. The number of carbonyl (C=O) groups excluding carboxylic acids is 2. The van der Waals surface area contributed by atoms with Gasteiger partial charge in [0.15, 0.2) is 5.69 Å². The third-order valence-electron chi connectivity index (χ3n) is 4.73. The first-order chi connectivity index (χ1) is 10.7. The van der Waals surface area contributed by atoms with Crippen LogP contribution in [-0.2, 0) is 11.3 Å². The van der Waals surface area contributed by atoms with Crippen molar-refractivity contribution in [1.29, 1.82) is 0 Å². The molecule has 1 heterocycles. The van der Waals surface area contributed by atoms with Gasteiger partial charge >= 0.3 is 0 Å². The Hall–Kier alpha value is -1.85. The lowest BCUT2D eigenvalue weighted by Crippen LogP contribution is -2.40. The van der Waals surface area contributed by atoms with E-state index < -0.39 is 0 Å². The van der Waals surface area contributed by atoms with E-state index in [1.165, 1.54) is 6.26 Å². The summed E-state index contributed by atoms with van der Waals surface area (Å²) in [5.41, 5.74) is 0.314. The van der Waals surface area contributed by atoms with Crippen LogP contribution in [0.25, 0.3) is 0 Å². The number of oxazole rings is 1. The smallest absolute Gasteiger partial charge is 0.273 e. The molecule has 1 aromatic rings. The maximum Gasteiger partial charge on any atom is 0.273 e. The normalized spacial score (nSPS) is 21.3. The lowest BCUT2D eigenvalue weighted by Gasteiger charge is -2.31. The molecule has 0 unspecified atom stereocenters. The van der Waals surface area contributed by atoms with Crippen LogP contribution in [0.5, 0.6) is 0 Å². The number of hydrogen-bond donors (Lipinski definition) is 1. The van der Waals surface area contributed by atoms with Gasteiger partial charge in [-0.25, -0.2) is 4.98 Å². The van der Waals surface area contributed by atoms with Crippen LogP contribution in [0.3, 0.4) is 0 Å². The molecule has 3 fully saturated rings. The molecule has 1 aromatic heterocycles. The molecule has 0 radical (unpaired) electrons. The zero-order valence-electron chi connectivity index (χ0n) is 12.6. The molecule has 2 amide bonds. The summed E-state index contributed by atoms with van der Waals surface area (Å²) < 4.78 is 5.41. The quantitative estimate of drug-likeness (QED) is 0.870. The molecular weight excluding hydrogens is 282 g/mol. The maximum absolute atomic E-state index is 12.5. The van der Waals surface area contributed by atoms with E-state index in [9.17, 15) is 9.59 Å². The zero-order valence-corrected chi connectivity index (χ0v) is 12.6. The molecule has 0 aliphatic heterocycles. The summed E-state index contributed by atoms with van der Waals surface area (Å²) in [4.78, 5) is 30.6. The number of hydrogen-bond acceptors (Lipinski definition) is 4. The molecule has 0 spiro atoms. The number of aromatic nitrogens is 1. The molecule has 3 aliphatic carbocycles. The Bertz CT molecular complexity index is 585. The van der Waals surface area contributed by atoms with Crippen LogP contribution in [0.2, 0.25) is 0 Å². The first-order valence-corrected chi connectivity index (χ1v) is 8.26. The highest BCUT2D eigenvalue weighted by molar-refractivity contribution is 5.92. The van der Waals surface area contributed by atoms with Crippen LogP contribution in [0.1, 0.15) is 61.3 Å². The van der Waals surface area contributed by atoms with Crippen LogP contribution in [0.15, 0.2) is 10.7 Å². The topological polar surface area (TPSA) is 75.4 Å². The zero-order chi connectivity index (χ0) is 15.1. The number of amides is 2. The minimum Gasteiger partial charge on any atom is -0.446 e. The number of nitrogens with one attached hydrogen (secondary N) is 1. The van der Waals surface area contributed by atoms with Crippen LogP contribution >= 0.6 is 0 Å². The number of nitrogens with zero attached hydrogens (tertiary/aromatic N) is 2. The molecule has 6 nitrogen and oxygen atoms in total. The van der Waals surface area contributed by atoms with Crippen molar-refractivity contribution in [1.82, 2.24) is 15.2 Å². The minimum atomic E-state index is -0.180. The highest BCUT2D eigenvalue weighted by Crippen LogP contribution is 2.34. The summed E-state index contributed by atoms with van der Waals surface area (Å²) >= 11 is 0. The van der Waals surface area contributed by atoms with Crippen LogP contribution in [-0.4, -0.2) is 33.8 Å². The summed E-state index contributed by atoms with van der Waals surface area (Å²) in [6, 6.07) is 0.638. The Labute approximate surface area is 129 Å². The van der Waals surface area contributed by atoms with Crippen molar-refractivity contribution in [2.45, 2.75) is 63.6 Å². The fourth-order valence-electron chi connectivity index (χ4n) is 2.78. The Morgan fingerprint density at radius 1 is 1.23 bits per heavy atom. The monoisotopic (exact) mass is 303 g/mol. The molecule has 0 aromatic carbocycles. The molecule has 3 aliphatic rings. The molecular formula is C16H21N3O3. The fourth-order valence-corrected chi connectivity index (χ4v) is 2.78. The standard InChI is InChI=1S/C16H21N3O3/c20-15(17-11-4-5-11)13-9-22-14(18-13)8-19(12-6-7-12)16(21)10-2-1-3-10/h9-12H,1-8H2,(H,17,20). The Kier molecular flexibility index (Phi) is 3.39. The summed E-state index contributed by atoms with van der Waals surface area (Å²) in [6.45, 7) is 0.386. The minimum absolute atomic E-state index is 0.180. The second-order valence-corrected chi connectivity index (χ2v) is 6.70. The summed E-state index contributed by atoms with van der Waals surface area (Å²) in [5.74, 6) is 0.699. The molecule has 3 saturated carbocycles. The van der Waals surface area contributed by atoms with E-state index in [1.807, 2.05) is 4.90 Å². The maximum atomic E-state index is 12.5. The van der Waals surface area contributed by atoms with Crippen molar-refractivity contribution in [2.75, 3.05) is 0 Å². The van der Waals surface area contributed by atoms with E-state index in [1.54, 1.807) is 0 Å². The van der Waals surface area contributed by atoms with Crippen molar-refractivity contribution in [3.63, 3.8) is 0 Å². The molecule has 118 valence electrons. The van der Waals surface area contributed by atoms with Gasteiger partial charge in [-0.1, -0.05) is 6.42 Å². The average molecular weight is 303 g/mol. The summed E-state index contributed by atoms with van der Waals surface area (Å²) in [5, 5.41) is 2.89. The Morgan fingerprint density at radius 2 is 2.00 bits per heavy atom. The van der Waals surface area contributed by atoms with Crippen molar-refractivity contribution in [3.8, 4) is 0 Å². The fraction of sp³-hybridized carbons (Fsp3) is 0.688. The molecule has 0 saturated heterocycles. The summed E-state index contributed by atoms with van der Waals surface area (Å²) in [6.07, 6.45) is 8.77. The van der Waals surface area contributed by atoms with Gasteiger partial charge in [-0.15, -0.1) is 0 Å². The molecule has 0 atom stereocenters. The SMILES string of the molecule is O=C(NC1CC1)c1coc(CN(C(=O)C2CCC2)C2CC2)n1. The predicted molar refractivity (Wildman–Crippen MR) is 77.9 cm³/mol. The van der Waals surface area contributed by atoms with Gasteiger partial charge in [0.2, 0.25) is 11.8 Å². The van der Waals surface area contributed by atoms with Crippen molar-refractivity contribution in [2.24, 2.45) is 5.92 Å². The van der Waals surface area contributed by atoms with Crippen LogP contribution in [0.4, 0.5) is 0 Å². The van der Waals surface area contributed by atoms with Crippen LogP contribution < -0.4 is 5.32 Å². The third kappa shape index (κ3) is 2.87. The highest BCUT2D eigenvalue weighted by atomic mass is 16.3. The van der Waals surface area contributed by atoms with E-state index in [4.69, 9.17) is 4.42 Å². The van der Waals surface area contributed by atoms with Crippen molar-refractivity contribution < 1.29 is 14.0 Å². The van der Waals surface area contributed by atoms with Gasteiger partial charge < -0.3 is 14.6 Å². The molecule has 6 heteroatoms. The summed E-state index contributed by atoms with van der Waals surface area (Å²) in [7, 11) is 0.